The number of ether oxygens (including phenoxy) is 1. The molecule has 6 nitrogen and oxygen atoms in total. The fourth-order valence-corrected chi connectivity index (χ4v) is 1.79. The molecule has 1 aromatic rings. The number of anilines is 1. The van der Waals surface area contributed by atoms with Crippen LogP contribution in [0.1, 0.15) is 31.1 Å². The topological polar surface area (TPSA) is 93.5 Å². The Morgan fingerprint density at radius 1 is 1.24 bits per heavy atom. The molecule has 0 bridgehead atoms. The van der Waals surface area contributed by atoms with Gasteiger partial charge in [-0.3, -0.25) is 4.79 Å². The zero-order chi connectivity index (χ0) is 16.0. The summed E-state index contributed by atoms with van der Waals surface area (Å²) in [5, 5.41) is 5.45. The Bertz CT molecular complexity index is 506. The number of benzene rings is 1. The third-order valence-corrected chi connectivity index (χ3v) is 2.67. The van der Waals surface area contributed by atoms with Crippen molar-refractivity contribution >= 4 is 29.3 Å². The number of nitrogens with two attached hydrogens (primary N) is 1. The van der Waals surface area contributed by atoms with Crippen molar-refractivity contribution in [3.05, 3.63) is 28.8 Å². The first-order valence-corrected chi connectivity index (χ1v) is 6.87. The molecule has 116 valence electrons. The minimum Gasteiger partial charge on any atom is -0.444 e. The molecule has 0 atom stereocenters. The van der Waals surface area contributed by atoms with Crippen LogP contribution >= 0.6 is 11.6 Å². The van der Waals surface area contributed by atoms with E-state index in [-0.39, 0.29) is 29.6 Å². The largest absolute Gasteiger partial charge is 0.444 e. The maximum absolute atomic E-state index is 11.9. The Balaban J connectivity index is 2.40. The molecule has 21 heavy (non-hydrogen) atoms. The third-order valence-electron chi connectivity index (χ3n) is 2.35. The van der Waals surface area contributed by atoms with Gasteiger partial charge in [0.15, 0.2) is 0 Å². The Morgan fingerprint density at radius 2 is 1.86 bits per heavy atom. The van der Waals surface area contributed by atoms with E-state index < -0.39 is 11.7 Å². The summed E-state index contributed by atoms with van der Waals surface area (Å²) >= 11 is 5.93. The molecule has 0 aromatic heterocycles. The number of nitrogen functional groups attached to an aromatic ring is 1. The molecule has 0 aliphatic heterocycles. The highest BCUT2D eigenvalue weighted by molar-refractivity contribution is 6.34. The number of carbonyl (C=O) groups is 2. The number of halogens is 1. The van der Waals surface area contributed by atoms with E-state index in [1.165, 1.54) is 0 Å². The summed E-state index contributed by atoms with van der Waals surface area (Å²) < 4.78 is 5.06. The van der Waals surface area contributed by atoms with Crippen molar-refractivity contribution in [1.82, 2.24) is 10.6 Å². The van der Waals surface area contributed by atoms with E-state index in [4.69, 9.17) is 22.1 Å². The van der Waals surface area contributed by atoms with Gasteiger partial charge in [0.25, 0.3) is 5.91 Å². The molecule has 1 rings (SSSR count). The van der Waals surface area contributed by atoms with Crippen molar-refractivity contribution in [2.24, 2.45) is 0 Å². The van der Waals surface area contributed by atoms with Crippen molar-refractivity contribution in [2.75, 3.05) is 18.8 Å². The summed E-state index contributed by atoms with van der Waals surface area (Å²) in [4.78, 5) is 23.3. The van der Waals surface area contributed by atoms with E-state index in [9.17, 15) is 9.59 Å². The standard InChI is InChI=1S/C14H20ClN3O3/c1-14(2,3)21-13(20)18-8-7-17-12(19)11-9(15)5-4-6-10(11)16/h4-6H,7-8,16H2,1-3H3,(H,17,19)(H,18,20). The van der Waals surface area contributed by atoms with E-state index in [1.54, 1.807) is 39.0 Å². The summed E-state index contributed by atoms with van der Waals surface area (Å²) in [5.74, 6) is -0.385. The lowest BCUT2D eigenvalue weighted by Crippen LogP contribution is -2.38. The van der Waals surface area contributed by atoms with Crippen molar-refractivity contribution < 1.29 is 14.3 Å². The average molecular weight is 314 g/mol. The predicted octanol–water partition coefficient (Wildman–Crippen LogP) is 2.18. The van der Waals surface area contributed by atoms with E-state index >= 15 is 0 Å². The lowest BCUT2D eigenvalue weighted by atomic mass is 10.1. The molecule has 0 saturated carbocycles. The molecule has 0 spiro atoms. The fourth-order valence-electron chi connectivity index (χ4n) is 1.52. The molecule has 0 fully saturated rings. The first-order chi connectivity index (χ1) is 9.70. The zero-order valence-corrected chi connectivity index (χ0v) is 13.1. The Labute approximate surface area is 129 Å². The molecule has 0 aliphatic rings. The normalized spacial score (nSPS) is 10.9. The summed E-state index contributed by atoms with van der Waals surface area (Å²) in [6, 6.07) is 4.85. The van der Waals surface area contributed by atoms with Gasteiger partial charge in [0.2, 0.25) is 0 Å². The SMILES string of the molecule is CC(C)(C)OC(=O)NCCNC(=O)c1c(N)cccc1Cl. The number of nitrogens with one attached hydrogen (secondary N) is 2. The fraction of sp³-hybridized carbons (Fsp3) is 0.429. The number of rotatable bonds is 4. The van der Waals surface area contributed by atoms with Gasteiger partial charge >= 0.3 is 6.09 Å². The highest BCUT2D eigenvalue weighted by Gasteiger charge is 2.16. The molecule has 0 unspecified atom stereocenters. The van der Waals surface area contributed by atoms with E-state index in [1.807, 2.05) is 0 Å². The monoisotopic (exact) mass is 313 g/mol. The predicted molar refractivity (Wildman–Crippen MR) is 82.4 cm³/mol. The number of alkyl carbamates (subject to hydrolysis) is 1. The van der Waals surface area contributed by atoms with Gasteiger partial charge in [-0.15, -0.1) is 0 Å². The molecular formula is C14H20ClN3O3. The van der Waals surface area contributed by atoms with Crippen LogP contribution in [0.5, 0.6) is 0 Å². The van der Waals surface area contributed by atoms with Crippen molar-refractivity contribution in [3.63, 3.8) is 0 Å². The van der Waals surface area contributed by atoms with Crippen LogP contribution in [0.4, 0.5) is 10.5 Å². The quantitative estimate of drug-likeness (QED) is 0.586. The number of hydrogen-bond donors (Lipinski definition) is 3. The van der Waals surface area contributed by atoms with Crippen LogP contribution < -0.4 is 16.4 Å². The summed E-state index contributed by atoms with van der Waals surface area (Å²) in [6.07, 6.45) is -0.533. The number of hydrogen-bond acceptors (Lipinski definition) is 4. The Kier molecular flexibility index (Phi) is 5.84. The van der Waals surface area contributed by atoms with Crippen LogP contribution in [0, 0.1) is 0 Å². The van der Waals surface area contributed by atoms with Crippen LogP contribution in [0.2, 0.25) is 5.02 Å². The summed E-state index contributed by atoms with van der Waals surface area (Å²) in [7, 11) is 0. The molecule has 0 radical (unpaired) electrons. The number of amides is 2. The third kappa shape index (κ3) is 5.91. The molecule has 0 heterocycles. The zero-order valence-electron chi connectivity index (χ0n) is 12.3. The number of carbonyl (C=O) groups excluding carboxylic acids is 2. The molecule has 7 heteroatoms. The van der Waals surface area contributed by atoms with E-state index in [2.05, 4.69) is 10.6 Å². The summed E-state index contributed by atoms with van der Waals surface area (Å²) in [6.45, 7) is 5.80. The van der Waals surface area contributed by atoms with Crippen LogP contribution in [0.25, 0.3) is 0 Å². The highest BCUT2D eigenvalue weighted by atomic mass is 35.5. The minimum atomic E-state index is -0.556. The van der Waals surface area contributed by atoms with Crippen LogP contribution in [-0.4, -0.2) is 30.7 Å². The molecule has 0 saturated heterocycles. The minimum absolute atomic E-state index is 0.233. The van der Waals surface area contributed by atoms with Crippen molar-refractivity contribution in [2.45, 2.75) is 26.4 Å². The van der Waals surface area contributed by atoms with E-state index in [0.29, 0.717) is 5.69 Å². The van der Waals surface area contributed by atoms with Gasteiger partial charge in [0, 0.05) is 18.8 Å². The van der Waals surface area contributed by atoms with Crippen LogP contribution in [0.15, 0.2) is 18.2 Å². The van der Waals surface area contributed by atoms with Crippen LogP contribution in [0.3, 0.4) is 0 Å². The van der Waals surface area contributed by atoms with Crippen molar-refractivity contribution in [1.29, 1.82) is 0 Å². The van der Waals surface area contributed by atoms with Gasteiger partial charge < -0.3 is 21.1 Å². The van der Waals surface area contributed by atoms with Crippen LogP contribution in [-0.2, 0) is 4.74 Å². The first kappa shape index (κ1) is 17.1. The van der Waals surface area contributed by atoms with Crippen molar-refractivity contribution in [3.8, 4) is 0 Å². The second-order valence-electron chi connectivity index (χ2n) is 5.39. The van der Waals surface area contributed by atoms with Gasteiger partial charge in [-0.2, -0.15) is 0 Å². The van der Waals surface area contributed by atoms with E-state index in [0.717, 1.165) is 0 Å². The maximum atomic E-state index is 11.9. The smallest absolute Gasteiger partial charge is 0.407 e. The lowest BCUT2D eigenvalue weighted by molar-refractivity contribution is 0.0526. The molecular weight excluding hydrogens is 294 g/mol. The highest BCUT2D eigenvalue weighted by Crippen LogP contribution is 2.21. The van der Waals surface area contributed by atoms with Gasteiger partial charge in [-0.1, -0.05) is 17.7 Å². The molecule has 0 aliphatic carbocycles. The first-order valence-electron chi connectivity index (χ1n) is 6.50. The Morgan fingerprint density at radius 3 is 2.43 bits per heavy atom. The van der Waals surface area contributed by atoms with Gasteiger partial charge in [0.05, 0.1) is 10.6 Å². The van der Waals surface area contributed by atoms with Gasteiger partial charge in [-0.05, 0) is 32.9 Å². The Hall–Kier alpha value is -1.95. The maximum Gasteiger partial charge on any atom is 0.407 e. The lowest BCUT2D eigenvalue weighted by Gasteiger charge is -2.19. The van der Waals surface area contributed by atoms with Gasteiger partial charge in [0.1, 0.15) is 5.60 Å². The average Bonchev–Trinajstić information content (AvgIpc) is 2.32. The van der Waals surface area contributed by atoms with Gasteiger partial charge in [-0.25, -0.2) is 4.79 Å². The molecule has 4 N–H and O–H groups in total. The second kappa shape index (κ2) is 7.17. The summed E-state index contributed by atoms with van der Waals surface area (Å²) in [5.41, 5.74) is 5.69. The molecule has 1 aromatic carbocycles. The molecule has 2 amide bonds. The second-order valence-corrected chi connectivity index (χ2v) is 5.80.